The quantitative estimate of drug-likeness (QED) is 0.774. The molecule has 0 aliphatic heterocycles. The average Bonchev–Trinajstić information content (AvgIpc) is 2.95. The Kier molecular flexibility index (Phi) is 5.81. The minimum absolute atomic E-state index is 0.0351. The first-order valence-corrected chi connectivity index (χ1v) is 8.44. The lowest BCUT2D eigenvalue weighted by Crippen LogP contribution is -2.44. The number of carbonyl (C=O) groups excluding carboxylic acids is 1. The van der Waals surface area contributed by atoms with Crippen LogP contribution in [0.2, 0.25) is 5.28 Å². The Morgan fingerprint density at radius 1 is 1.57 bits per heavy atom. The van der Waals surface area contributed by atoms with E-state index in [0.29, 0.717) is 12.5 Å². The van der Waals surface area contributed by atoms with Gasteiger partial charge >= 0.3 is 0 Å². The summed E-state index contributed by atoms with van der Waals surface area (Å²) < 4.78 is 0.793. The smallest absolute Gasteiger partial charge is 0.224 e. The number of aromatic nitrogens is 2. The standard InChI is InChI=1S/C14H20BrClN4O/c1-2-9(7-12(17)21)20(10-5-3-4-6-10)13-11(15)8-18-14(16)19-13/h8-10H,2-7H2,1H3,(H2,17,21). The zero-order valence-corrected chi connectivity index (χ0v) is 14.4. The van der Waals surface area contributed by atoms with Gasteiger partial charge in [-0.2, -0.15) is 4.98 Å². The summed E-state index contributed by atoms with van der Waals surface area (Å²) in [6.45, 7) is 2.06. The Hall–Kier alpha value is -0.880. The second kappa shape index (κ2) is 7.40. The molecule has 2 N–H and O–H groups in total. The van der Waals surface area contributed by atoms with Crippen molar-refractivity contribution >= 4 is 39.3 Å². The monoisotopic (exact) mass is 374 g/mol. The lowest BCUT2D eigenvalue weighted by molar-refractivity contribution is -0.118. The summed E-state index contributed by atoms with van der Waals surface area (Å²) in [6.07, 6.45) is 7.40. The first-order valence-electron chi connectivity index (χ1n) is 7.27. The summed E-state index contributed by atoms with van der Waals surface area (Å²) in [5, 5.41) is 0.213. The number of nitrogens with zero attached hydrogens (tertiary/aromatic N) is 3. The van der Waals surface area contributed by atoms with E-state index in [9.17, 15) is 4.79 Å². The Bertz CT molecular complexity index is 508. The molecule has 1 saturated carbocycles. The van der Waals surface area contributed by atoms with Gasteiger partial charge in [-0.25, -0.2) is 4.98 Å². The highest BCUT2D eigenvalue weighted by molar-refractivity contribution is 9.10. The molecule has 1 aliphatic rings. The number of nitrogens with two attached hydrogens (primary N) is 1. The molecule has 1 fully saturated rings. The maximum Gasteiger partial charge on any atom is 0.224 e. The van der Waals surface area contributed by atoms with E-state index >= 15 is 0 Å². The van der Waals surface area contributed by atoms with Gasteiger partial charge in [0.1, 0.15) is 5.82 Å². The fourth-order valence-electron chi connectivity index (χ4n) is 3.02. The molecule has 21 heavy (non-hydrogen) atoms. The molecule has 0 spiro atoms. The number of halogens is 2. The first kappa shape index (κ1) is 16.5. The summed E-state index contributed by atoms with van der Waals surface area (Å²) in [4.78, 5) is 22.0. The molecule has 1 atom stereocenters. The third-order valence-corrected chi connectivity index (χ3v) is 4.70. The Morgan fingerprint density at radius 3 is 2.81 bits per heavy atom. The Labute approximate surface area is 138 Å². The van der Waals surface area contributed by atoms with Crippen molar-refractivity contribution in [3.8, 4) is 0 Å². The highest BCUT2D eigenvalue weighted by atomic mass is 79.9. The van der Waals surface area contributed by atoms with Gasteiger partial charge in [0.05, 0.1) is 4.47 Å². The van der Waals surface area contributed by atoms with Crippen molar-refractivity contribution in [3.05, 3.63) is 16.0 Å². The van der Waals surface area contributed by atoms with Gasteiger partial charge in [-0.05, 0) is 46.8 Å². The summed E-state index contributed by atoms with van der Waals surface area (Å²) in [5.74, 6) is 0.469. The van der Waals surface area contributed by atoms with E-state index in [0.717, 1.165) is 29.6 Å². The van der Waals surface area contributed by atoms with E-state index in [1.165, 1.54) is 12.8 Å². The second-order valence-electron chi connectivity index (χ2n) is 5.39. The zero-order chi connectivity index (χ0) is 15.4. The summed E-state index contributed by atoms with van der Waals surface area (Å²) in [7, 11) is 0. The molecule has 1 unspecified atom stereocenters. The largest absolute Gasteiger partial charge is 0.370 e. The molecular formula is C14H20BrClN4O. The number of anilines is 1. The molecule has 7 heteroatoms. The molecule has 0 aromatic carbocycles. The SMILES string of the molecule is CCC(CC(N)=O)N(c1nc(Cl)ncc1Br)C1CCCC1. The van der Waals surface area contributed by atoms with Crippen molar-refractivity contribution in [3.63, 3.8) is 0 Å². The van der Waals surface area contributed by atoms with Crippen LogP contribution < -0.4 is 10.6 Å². The number of primary amides is 1. The first-order chi connectivity index (χ1) is 10.0. The van der Waals surface area contributed by atoms with Gasteiger partial charge in [0.2, 0.25) is 11.2 Å². The van der Waals surface area contributed by atoms with Crippen LogP contribution in [0.3, 0.4) is 0 Å². The Morgan fingerprint density at radius 2 is 2.24 bits per heavy atom. The van der Waals surface area contributed by atoms with Crippen LogP contribution in [0.5, 0.6) is 0 Å². The summed E-state index contributed by atoms with van der Waals surface area (Å²) >= 11 is 9.46. The molecule has 0 bridgehead atoms. The van der Waals surface area contributed by atoms with Crippen molar-refractivity contribution < 1.29 is 4.79 Å². The van der Waals surface area contributed by atoms with E-state index in [1.807, 2.05) is 0 Å². The molecule has 1 aromatic rings. The molecule has 5 nitrogen and oxygen atoms in total. The van der Waals surface area contributed by atoms with Gasteiger partial charge in [-0.1, -0.05) is 19.8 Å². The van der Waals surface area contributed by atoms with Gasteiger partial charge in [0, 0.05) is 24.7 Å². The fraction of sp³-hybridized carbons (Fsp3) is 0.643. The van der Waals surface area contributed by atoms with E-state index in [-0.39, 0.29) is 17.2 Å². The van der Waals surface area contributed by atoms with Gasteiger partial charge in [0.25, 0.3) is 0 Å². The normalized spacial score (nSPS) is 16.9. The number of carbonyl (C=O) groups is 1. The number of amides is 1. The van der Waals surface area contributed by atoms with E-state index in [1.54, 1.807) is 6.20 Å². The molecule has 2 rings (SSSR count). The second-order valence-corrected chi connectivity index (χ2v) is 6.58. The summed E-state index contributed by atoms with van der Waals surface area (Å²) in [6, 6.07) is 0.407. The third kappa shape index (κ3) is 4.07. The lowest BCUT2D eigenvalue weighted by Gasteiger charge is -2.37. The Balaban J connectivity index is 2.38. The van der Waals surface area contributed by atoms with Crippen LogP contribution >= 0.6 is 27.5 Å². The van der Waals surface area contributed by atoms with Crippen molar-refractivity contribution in [1.82, 2.24) is 9.97 Å². The molecular weight excluding hydrogens is 356 g/mol. The number of hydrogen-bond donors (Lipinski definition) is 1. The van der Waals surface area contributed by atoms with E-state index in [4.69, 9.17) is 17.3 Å². The molecule has 1 amide bonds. The average molecular weight is 376 g/mol. The molecule has 1 heterocycles. The predicted octanol–water partition coefficient (Wildman–Crippen LogP) is 3.30. The van der Waals surface area contributed by atoms with Crippen LogP contribution in [0.4, 0.5) is 5.82 Å². The van der Waals surface area contributed by atoms with E-state index < -0.39 is 0 Å². The van der Waals surface area contributed by atoms with Crippen LogP contribution in [-0.4, -0.2) is 28.0 Å². The lowest BCUT2D eigenvalue weighted by atomic mass is 10.0. The van der Waals surface area contributed by atoms with Gasteiger partial charge < -0.3 is 10.6 Å². The van der Waals surface area contributed by atoms with Crippen LogP contribution in [0.15, 0.2) is 10.7 Å². The van der Waals surface area contributed by atoms with Crippen LogP contribution in [0.25, 0.3) is 0 Å². The molecule has 0 saturated heterocycles. The molecule has 1 aromatic heterocycles. The molecule has 0 radical (unpaired) electrons. The minimum Gasteiger partial charge on any atom is -0.370 e. The van der Waals surface area contributed by atoms with Crippen molar-refractivity contribution in [2.45, 2.75) is 57.5 Å². The van der Waals surface area contributed by atoms with Crippen LogP contribution in [0, 0.1) is 0 Å². The van der Waals surface area contributed by atoms with Gasteiger partial charge in [-0.15, -0.1) is 0 Å². The van der Waals surface area contributed by atoms with Gasteiger partial charge in [0.15, 0.2) is 0 Å². The van der Waals surface area contributed by atoms with Crippen LogP contribution in [0.1, 0.15) is 45.4 Å². The van der Waals surface area contributed by atoms with Crippen molar-refractivity contribution in [2.75, 3.05) is 4.90 Å². The third-order valence-electron chi connectivity index (χ3n) is 3.96. The van der Waals surface area contributed by atoms with E-state index in [2.05, 4.69) is 37.7 Å². The fourth-order valence-corrected chi connectivity index (χ4v) is 3.54. The predicted molar refractivity (Wildman–Crippen MR) is 87.4 cm³/mol. The molecule has 116 valence electrons. The maximum absolute atomic E-state index is 11.4. The molecule has 1 aliphatic carbocycles. The maximum atomic E-state index is 11.4. The number of hydrogen-bond acceptors (Lipinski definition) is 4. The highest BCUT2D eigenvalue weighted by Crippen LogP contribution is 2.35. The minimum atomic E-state index is -0.291. The zero-order valence-electron chi connectivity index (χ0n) is 12.1. The van der Waals surface area contributed by atoms with Crippen molar-refractivity contribution in [2.24, 2.45) is 5.73 Å². The number of rotatable bonds is 6. The van der Waals surface area contributed by atoms with Crippen molar-refractivity contribution in [1.29, 1.82) is 0 Å². The summed E-state index contributed by atoms with van der Waals surface area (Å²) in [5.41, 5.74) is 5.42. The van der Waals surface area contributed by atoms with Gasteiger partial charge in [-0.3, -0.25) is 4.79 Å². The van der Waals surface area contributed by atoms with Crippen LogP contribution in [-0.2, 0) is 4.79 Å². The highest BCUT2D eigenvalue weighted by Gasteiger charge is 2.31. The topological polar surface area (TPSA) is 72.1 Å².